The van der Waals surface area contributed by atoms with Crippen molar-refractivity contribution in [3.8, 4) is 0 Å². The first kappa shape index (κ1) is 29.7. The van der Waals surface area contributed by atoms with E-state index in [1.165, 1.54) is 12.4 Å². The second-order valence-electron chi connectivity index (χ2n) is 7.31. The van der Waals surface area contributed by atoms with E-state index in [0.717, 1.165) is 22.5 Å². The van der Waals surface area contributed by atoms with Crippen LogP contribution in [-0.4, -0.2) is 73.9 Å². The average molecular weight is 574 g/mol. The van der Waals surface area contributed by atoms with Gasteiger partial charge in [0.05, 0.1) is 12.4 Å². The van der Waals surface area contributed by atoms with Crippen molar-refractivity contribution in [2.75, 3.05) is 59.5 Å². The molecule has 0 atom stereocenters. The van der Waals surface area contributed by atoms with E-state index < -0.39 is 11.8 Å². The maximum absolute atomic E-state index is 11.9. The van der Waals surface area contributed by atoms with E-state index in [9.17, 15) is 9.59 Å². The van der Waals surface area contributed by atoms with Crippen molar-refractivity contribution in [3.63, 3.8) is 0 Å². The third kappa shape index (κ3) is 10.2. The van der Waals surface area contributed by atoms with Crippen LogP contribution >= 0.6 is 46.4 Å². The lowest BCUT2D eigenvalue weighted by molar-refractivity contribution is -0.139. The van der Waals surface area contributed by atoms with E-state index in [-0.39, 0.29) is 0 Å². The molecule has 2 aromatic rings. The predicted octanol–water partition coefficient (Wildman–Crippen LogP) is 3.86. The Morgan fingerprint density at radius 2 is 0.917 bits per heavy atom. The molecule has 0 fully saturated rings. The molecule has 8 nitrogen and oxygen atoms in total. The molecule has 0 saturated heterocycles. The zero-order valence-electron chi connectivity index (χ0n) is 19.5. The molecule has 0 saturated carbocycles. The van der Waals surface area contributed by atoms with Gasteiger partial charge >= 0.3 is 11.8 Å². The number of halogens is 4. The molecule has 0 aliphatic heterocycles. The topological polar surface area (TPSA) is 89.4 Å². The number of rotatable bonds is 14. The summed E-state index contributed by atoms with van der Waals surface area (Å²) in [5, 5.41) is 7.63. The van der Waals surface area contributed by atoms with Gasteiger partial charge < -0.3 is 9.80 Å². The van der Waals surface area contributed by atoms with E-state index in [1.807, 2.05) is 48.5 Å². The molecular weight excluding hydrogens is 546 g/mol. The predicted molar refractivity (Wildman–Crippen MR) is 152 cm³/mol. The van der Waals surface area contributed by atoms with Crippen LogP contribution in [-0.2, 0) is 9.59 Å². The zero-order valence-corrected chi connectivity index (χ0v) is 22.6. The minimum absolute atomic E-state index is 0.493. The molecule has 0 radical (unpaired) electrons. The van der Waals surface area contributed by atoms with Gasteiger partial charge in [0.2, 0.25) is 0 Å². The largest absolute Gasteiger partial charge is 0.369 e. The Bertz CT molecular complexity index is 909. The number of hydrazone groups is 2. The van der Waals surface area contributed by atoms with Crippen LogP contribution < -0.4 is 20.7 Å². The van der Waals surface area contributed by atoms with Gasteiger partial charge in [-0.2, -0.15) is 10.2 Å². The lowest BCUT2D eigenvalue weighted by Gasteiger charge is -2.22. The highest BCUT2D eigenvalue weighted by molar-refractivity contribution is 6.35. The van der Waals surface area contributed by atoms with Gasteiger partial charge in [-0.05, 0) is 35.4 Å². The van der Waals surface area contributed by atoms with Crippen molar-refractivity contribution < 1.29 is 9.59 Å². The molecule has 0 heterocycles. The Kier molecular flexibility index (Phi) is 14.1. The summed E-state index contributed by atoms with van der Waals surface area (Å²) >= 11 is 23.4. The molecular formula is C24H28Cl4N6O2. The Hall–Kier alpha value is -2.52. The van der Waals surface area contributed by atoms with Gasteiger partial charge in [0, 0.05) is 61.1 Å². The normalized spacial score (nSPS) is 11.1. The van der Waals surface area contributed by atoms with Crippen LogP contribution in [0.4, 0.5) is 11.4 Å². The van der Waals surface area contributed by atoms with Crippen molar-refractivity contribution in [2.45, 2.75) is 0 Å². The lowest BCUT2D eigenvalue weighted by Crippen LogP contribution is -2.35. The molecule has 36 heavy (non-hydrogen) atoms. The number of nitrogens with zero attached hydrogens (tertiary/aromatic N) is 4. The lowest BCUT2D eigenvalue weighted by atomic mass is 10.2. The molecule has 2 rings (SSSR count). The number of anilines is 2. The number of alkyl halides is 4. The third-order valence-corrected chi connectivity index (χ3v) is 5.58. The standard InChI is InChI=1S/C24H28Cl4N6O2/c25-9-13-33(14-10-26)21-5-1-19(2-6-21)17-29-31-23(35)24(36)32-30-18-20-3-7-22(8-4-20)34(15-11-27)16-12-28/h1-8,17-18H,9-16H2,(H,31,35)(H,32,36)/b29-17+,30-18+. The zero-order chi connectivity index (χ0) is 26.2. The summed E-state index contributed by atoms with van der Waals surface area (Å²) in [6.07, 6.45) is 2.87. The Morgan fingerprint density at radius 1 is 0.611 bits per heavy atom. The fourth-order valence-corrected chi connectivity index (χ4v) is 3.94. The highest BCUT2D eigenvalue weighted by atomic mass is 35.5. The van der Waals surface area contributed by atoms with Gasteiger partial charge in [0.25, 0.3) is 0 Å². The highest BCUT2D eigenvalue weighted by Gasteiger charge is 2.11. The van der Waals surface area contributed by atoms with E-state index in [4.69, 9.17) is 46.4 Å². The molecule has 0 aliphatic carbocycles. The molecule has 2 N–H and O–H groups in total. The fraction of sp³-hybridized carbons (Fsp3) is 0.333. The number of carbonyl (C=O) groups excluding carboxylic acids is 2. The van der Waals surface area contributed by atoms with Crippen LogP contribution in [0.2, 0.25) is 0 Å². The van der Waals surface area contributed by atoms with Crippen LogP contribution in [0.1, 0.15) is 11.1 Å². The van der Waals surface area contributed by atoms with Crippen LogP contribution in [0.5, 0.6) is 0 Å². The second kappa shape index (κ2) is 17.0. The summed E-state index contributed by atoms with van der Waals surface area (Å²) in [7, 11) is 0. The molecule has 12 heteroatoms. The Labute approximate surface area is 231 Å². The number of hydrogen-bond acceptors (Lipinski definition) is 6. The SMILES string of the molecule is O=C(N/N=C/c1ccc(N(CCCl)CCCl)cc1)C(=O)N/N=C/c1ccc(N(CCCl)CCCl)cc1. The maximum atomic E-state index is 11.9. The van der Waals surface area contributed by atoms with Gasteiger partial charge in [0.1, 0.15) is 0 Å². The van der Waals surface area contributed by atoms with Gasteiger partial charge in [-0.25, -0.2) is 10.9 Å². The molecule has 0 aliphatic rings. The number of amides is 2. The maximum Gasteiger partial charge on any atom is 0.331 e. The Balaban J connectivity index is 1.83. The minimum Gasteiger partial charge on any atom is -0.369 e. The number of benzene rings is 2. The molecule has 0 bridgehead atoms. The van der Waals surface area contributed by atoms with E-state index in [2.05, 4.69) is 30.9 Å². The van der Waals surface area contributed by atoms with Crippen molar-refractivity contribution in [1.29, 1.82) is 0 Å². The first-order chi connectivity index (χ1) is 17.5. The first-order valence-corrected chi connectivity index (χ1v) is 13.3. The summed E-state index contributed by atoms with van der Waals surface area (Å²) in [4.78, 5) is 28.0. The fourth-order valence-electron chi connectivity index (χ4n) is 3.12. The average Bonchev–Trinajstić information content (AvgIpc) is 2.89. The number of carbonyl (C=O) groups is 2. The first-order valence-electron chi connectivity index (χ1n) is 11.1. The molecule has 0 unspecified atom stereocenters. The molecule has 2 aromatic carbocycles. The third-order valence-electron chi connectivity index (χ3n) is 4.90. The summed E-state index contributed by atoms with van der Waals surface area (Å²) in [6, 6.07) is 15.0. The van der Waals surface area contributed by atoms with E-state index >= 15 is 0 Å². The molecule has 0 aromatic heterocycles. The smallest absolute Gasteiger partial charge is 0.331 e. The Morgan fingerprint density at radius 3 is 1.19 bits per heavy atom. The van der Waals surface area contributed by atoms with Crippen LogP contribution in [0.3, 0.4) is 0 Å². The van der Waals surface area contributed by atoms with E-state index in [0.29, 0.717) is 49.7 Å². The van der Waals surface area contributed by atoms with Crippen LogP contribution in [0, 0.1) is 0 Å². The van der Waals surface area contributed by atoms with Crippen molar-refractivity contribution >= 4 is 82.0 Å². The second-order valence-corrected chi connectivity index (χ2v) is 8.82. The van der Waals surface area contributed by atoms with Crippen LogP contribution in [0.25, 0.3) is 0 Å². The highest BCUT2D eigenvalue weighted by Crippen LogP contribution is 2.16. The van der Waals surface area contributed by atoms with E-state index in [1.54, 1.807) is 0 Å². The molecule has 0 spiro atoms. The quantitative estimate of drug-likeness (QED) is 0.155. The van der Waals surface area contributed by atoms with Crippen LogP contribution in [0.15, 0.2) is 58.7 Å². The van der Waals surface area contributed by atoms with Crippen molar-refractivity contribution in [1.82, 2.24) is 10.9 Å². The monoisotopic (exact) mass is 572 g/mol. The summed E-state index contributed by atoms with van der Waals surface area (Å²) in [5.41, 5.74) is 7.79. The van der Waals surface area contributed by atoms with Gasteiger partial charge in [-0.3, -0.25) is 9.59 Å². The van der Waals surface area contributed by atoms with Gasteiger partial charge in [-0.1, -0.05) is 24.3 Å². The number of nitrogens with one attached hydrogen (secondary N) is 2. The number of hydrogen-bond donors (Lipinski definition) is 2. The summed E-state index contributed by atoms with van der Waals surface area (Å²) in [6.45, 7) is 2.73. The minimum atomic E-state index is -0.941. The summed E-state index contributed by atoms with van der Waals surface area (Å²) < 4.78 is 0. The molecule has 194 valence electrons. The molecule has 2 amide bonds. The van der Waals surface area contributed by atoms with Gasteiger partial charge in [-0.15, -0.1) is 46.4 Å². The van der Waals surface area contributed by atoms with Crippen molar-refractivity contribution in [2.24, 2.45) is 10.2 Å². The summed E-state index contributed by atoms with van der Waals surface area (Å²) in [5.74, 6) is 0.0911. The van der Waals surface area contributed by atoms with Crippen molar-refractivity contribution in [3.05, 3.63) is 59.7 Å². The van der Waals surface area contributed by atoms with Gasteiger partial charge in [0.15, 0.2) is 0 Å².